The Hall–Kier alpha value is -1.17. The molecule has 0 amide bonds. The van der Waals surface area contributed by atoms with Crippen molar-refractivity contribution in [2.75, 3.05) is 32.7 Å². The van der Waals surface area contributed by atoms with Crippen molar-refractivity contribution < 1.29 is 9.47 Å². The molecule has 0 saturated heterocycles. The van der Waals surface area contributed by atoms with E-state index in [9.17, 15) is 0 Å². The molecule has 1 aliphatic rings. The van der Waals surface area contributed by atoms with E-state index >= 15 is 0 Å². The number of methoxy groups -OCH3 is 2. The lowest BCUT2D eigenvalue weighted by atomic mass is 10.2. The van der Waals surface area contributed by atoms with Crippen molar-refractivity contribution in [2.45, 2.75) is 31.5 Å². The van der Waals surface area contributed by atoms with E-state index in [4.69, 9.17) is 9.47 Å². The first kappa shape index (κ1) is 14.2. The third kappa shape index (κ3) is 4.78. The van der Waals surface area contributed by atoms with Crippen molar-refractivity contribution in [2.24, 2.45) is 0 Å². The molecule has 1 atom stereocenters. The van der Waals surface area contributed by atoms with Gasteiger partial charge in [-0.05, 0) is 18.9 Å². The van der Waals surface area contributed by atoms with E-state index in [0.717, 1.165) is 12.4 Å². The molecule has 1 fully saturated rings. The van der Waals surface area contributed by atoms with Crippen LogP contribution in [0.3, 0.4) is 0 Å². The molecule has 1 heterocycles. The third-order valence-electron chi connectivity index (χ3n) is 3.23. The number of anilines is 1. The fourth-order valence-corrected chi connectivity index (χ4v) is 1.89. The first-order chi connectivity index (χ1) is 9.33. The van der Waals surface area contributed by atoms with Gasteiger partial charge in [-0.2, -0.15) is 0 Å². The molecule has 1 aliphatic carbocycles. The topological polar surface area (TPSA) is 55.4 Å². The molecule has 2 rings (SSSR count). The second-order valence-corrected chi connectivity index (χ2v) is 4.86. The maximum Gasteiger partial charge on any atom is 0.130 e. The number of nitrogens with one attached hydrogen (secondary N) is 2. The summed E-state index contributed by atoms with van der Waals surface area (Å²) in [4.78, 5) is 4.40. The molecule has 1 unspecified atom stereocenters. The molecule has 1 aromatic heterocycles. The summed E-state index contributed by atoms with van der Waals surface area (Å²) in [6.07, 6.45) is 4.43. The number of rotatable bonds is 9. The molecular formula is C14H23N3O2. The van der Waals surface area contributed by atoms with Crippen LogP contribution in [0.1, 0.15) is 18.4 Å². The van der Waals surface area contributed by atoms with E-state index in [1.54, 1.807) is 20.4 Å². The zero-order valence-electron chi connectivity index (χ0n) is 11.7. The van der Waals surface area contributed by atoms with E-state index in [1.807, 2.05) is 6.07 Å². The molecule has 0 spiro atoms. The van der Waals surface area contributed by atoms with Crippen LogP contribution < -0.4 is 10.6 Å². The van der Waals surface area contributed by atoms with Gasteiger partial charge in [0.05, 0.1) is 12.7 Å². The Morgan fingerprint density at radius 3 is 2.95 bits per heavy atom. The molecular weight excluding hydrogens is 242 g/mol. The highest BCUT2D eigenvalue weighted by atomic mass is 16.5. The van der Waals surface area contributed by atoms with Gasteiger partial charge >= 0.3 is 0 Å². The zero-order chi connectivity index (χ0) is 13.5. The summed E-state index contributed by atoms with van der Waals surface area (Å²) in [5, 5.41) is 6.84. The summed E-state index contributed by atoms with van der Waals surface area (Å²) in [5.74, 6) is 0.925. The number of aromatic nitrogens is 1. The molecule has 0 radical (unpaired) electrons. The fourth-order valence-electron chi connectivity index (χ4n) is 1.89. The van der Waals surface area contributed by atoms with Gasteiger partial charge in [-0.15, -0.1) is 0 Å². The second kappa shape index (κ2) is 7.43. The maximum atomic E-state index is 5.33. The van der Waals surface area contributed by atoms with Crippen molar-refractivity contribution in [1.82, 2.24) is 10.3 Å². The highest BCUT2D eigenvalue weighted by Gasteiger charge is 2.20. The number of ether oxygens (including phenoxy) is 2. The zero-order valence-corrected chi connectivity index (χ0v) is 11.7. The number of hydrogen-bond donors (Lipinski definition) is 2. The highest BCUT2D eigenvalue weighted by molar-refractivity contribution is 5.43. The minimum atomic E-state index is 0.0382. The molecule has 106 valence electrons. The monoisotopic (exact) mass is 265 g/mol. The molecule has 0 bridgehead atoms. The average Bonchev–Trinajstić information content (AvgIpc) is 3.26. The van der Waals surface area contributed by atoms with Crippen LogP contribution in [0, 0.1) is 0 Å². The van der Waals surface area contributed by atoms with Crippen molar-refractivity contribution in [3.8, 4) is 0 Å². The Kier molecular flexibility index (Phi) is 5.57. The van der Waals surface area contributed by atoms with Crippen LogP contribution in [0.4, 0.5) is 5.82 Å². The lowest BCUT2D eigenvalue weighted by Crippen LogP contribution is -2.27. The minimum Gasteiger partial charge on any atom is -0.382 e. The van der Waals surface area contributed by atoms with Crippen LogP contribution >= 0.6 is 0 Å². The van der Waals surface area contributed by atoms with Gasteiger partial charge < -0.3 is 20.1 Å². The van der Waals surface area contributed by atoms with E-state index in [0.29, 0.717) is 19.2 Å². The van der Waals surface area contributed by atoms with E-state index < -0.39 is 0 Å². The van der Waals surface area contributed by atoms with Gasteiger partial charge in [0.25, 0.3) is 0 Å². The Morgan fingerprint density at radius 2 is 2.26 bits per heavy atom. The van der Waals surface area contributed by atoms with Crippen LogP contribution in [-0.2, 0) is 16.0 Å². The van der Waals surface area contributed by atoms with Gasteiger partial charge in [0.15, 0.2) is 0 Å². The summed E-state index contributed by atoms with van der Waals surface area (Å²) < 4.78 is 10.4. The highest BCUT2D eigenvalue weighted by Crippen LogP contribution is 2.20. The summed E-state index contributed by atoms with van der Waals surface area (Å²) in [6, 6.07) is 4.77. The number of hydrogen-bond acceptors (Lipinski definition) is 5. The third-order valence-corrected chi connectivity index (χ3v) is 3.23. The number of pyridine rings is 1. The van der Waals surface area contributed by atoms with E-state index in [-0.39, 0.29) is 6.10 Å². The van der Waals surface area contributed by atoms with Gasteiger partial charge in [0.2, 0.25) is 0 Å². The predicted octanol–water partition coefficient (Wildman–Crippen LogP) is 1.41. The molecule has 19 heavy (non-hydrogen) atoms. The summed E-state index contributed by atoms with van der Waals surface area (Å²) in [6.45, 7) is 2.13. The molecule has 5 heteroatoms. The normalized spacial score (nSPS) is 16.3. The van der Waals surface area contributed by atoms with Gasteiger partial charge in [-0.1, -0.05) is 6.07 Å². The van der Waals surface area contributed by atoms with Crippen LogP contribution in [0.15, 0.2) is 18.3 Å². The van der Waals surface area contributed by atoms with Crippen LogP contribution in [0.2, 0.25) is 0 Å². The molecule has 2 N–H and O–H groups in total. The summed E-state index contributed by atoms with van der Waals surface area (Å²) >= 11 is 0. The quantitative estimate of drug-likeness (QED) is 0.707. The lowest BCUT2D eigenvalue weighted by Gasteiger charge is -2.17. The second-order valence-electron chi connectivity index (χ2n) is 4.86. The fraction of sp³-hybridized carbons (Fsp3) is 0.643. The van der Waals surface area contributed by atoms with Crippen molar-refractivity contribution in [3.05, 3.63) is 23.9 Å². The first-order valence-electron chi connectivity index (χ1n) is 6.76. The SMILES string of the molecule is COCC(CNc1ncccc1CNC1CC1)OC. The summed E-state index contributed by atoms with van der Waals surface area (Å²) in [5.41, 5.74) is 1.20. The molecule has 1 saturated carbocycles. The average molecular weight is 265 g/mol. The van der Waals surface area contributed by atoms with Crippen LogP contribution in [0.25, 0.3) is 0 Å². The van der Waals surface area contributed by atoms with E-state index in [2.05, 4.69) is 21.7 Å². The molecule has 1 aromatic rings. The Bertz CT molecular complexity index is 383. The smallest absolute Gasteiger partial charge is 0.130 e. The molecule has 0 aromatic carbocycles. The van der Waals surface area contributed by atoms with Crippen LogP contribution in [0.5, 0.6) is 0 Å². The lowest BCUT2D eigenvalue weighted by molar-refractivity contribution is 0.0365. The Morgan fingerprint density at radius 1 is 1.42 bits per heavy atom. The minimum absolute atomic E-state index is 0.0382. The van der Waals surface area contributed by atoms with Crippen LogP contribution in [-0.4, -0.2) is 44.5 Å². The predicted molar refractivity (Wildman–Crippen MR) is 75.3 cm³/mol. The van der Waals surface area contributed by atoms with Gasteiger partial charge in [-0.25, -0.2) is 4.98 Å². The van der Waals surface area contributed by atoms with Gasteiger partial charge in [0.1, 0.15) is 5.82 Å². The van der Waals surface area contributed by atoms with Gasteiger partial charge in [-0.3, -0.25) is 0 Å². The van der Waals surface area contributed by atoms with E-state index in [1.165, 1.54) is 18.4 Å². The number of nitrogens with zero attached hydrogens (tertiary/aromatic N) is 1. The van der Waals surface area contributed by atoms with Crippen molar-refractivity contribution in [3.63, 3.8) is 0 Å². The first-order valence-corrected chi connectivity index (χ1v) is 6.76. The van der Waals surface area contributed by atoms with Gasteiger partial charge in [0, 0.05) is 45.1 Å². The summed E-state index contributed by atoms with van der Waals surface area (Å²) in [7, 11) is 3.37. The standard InChI is InChI=1S/C14H23N3O2/c1-18-10-13(19-2)9-17-14-11(4-3-7-15-14)8-16-12-5-6-12/h3-4,7,12-13,16H,5-6,8-10H2,1-2H3,(H,15,17). The Labute approximate surface area is 114 Å². The van der Waals surface area contributed by atoms with Crippen molar-refractivity contribution >= 4 is 5.82 Å². The molecule has 5 nitrogen and oxygen atoms in total. The van der Waals surface area contributed by atoms with Crippen molar-refractivity contribution in [1.29, 1.82) is 0 Å². The largest absolute Gasteiger partial charge is 0.382 e. The maximum absolute atomic E-state index is 5.33. The Balaban J connectivity index is 1.86. The molecule has 0 aliphatic heterocycles.